The van der Waals surface area contributed by atoms with E-state index in [9.17, 15) is 4.79 Å². The number of rotatable bonds is 4. The lowest BCUT2D eigenvalue weighted by Crippen LogP contribution is -2.35. The van der Waals surface area contributed by atoms with E-state index in [1.54, 1.807) is 11.3 Å². The Kier molecular flexibility index (Phi) is 3.96. The number of carbonyl (C=O) groups is 1. The zero-order valence-electron chi connectivity index (χ0n) is 15.7. The van der Waals surface area contributed by atoms with Crippen molar-refractivity contribution in [3.63, 3.8) is 0 Å². The van der Waals surface area contributed by atoms with Crippen LogP contribution in [-0.4, -0.2) is 10.9 Å². The second-order valence-electron chi connectivity index (χ2n) is 7.51. The van der Waals surface area contributed by atoms with Gasteiger partial charge in [0.05, 0.1) is 15.8 Å². The highest BCUT2D eigenvalue weighted by atomic mass is 32.1. The quantitative estimate of drug-likeness (QED) is 0.536. The van der Waals surface area contributed by atoms with Gasteiger partial charge in [-0.2, -0.15) is 0 Å². The number of hydrogen-bond acceptors (Lipinski definition) is 4. The fraction of sp³-hybridized carbons (Fsp3) is 0.217. The van der Waals surface area contributed by atoms with Gasteiger partial charge in [0, 0.05) is 12.1 Å². The number of amides is 1. The predicted octanol–water partition coefficient (Wildman–Crippen LogP) is 4.64. The summed E-state index contributed by atoms with van der Waals surface area (Å²) in [6.07, 6.45) is 1.92. The van der Waals surface area contributed by atoms with E-state index in [4.69, 9.17) is 5.73 Å². The maximum absolute atomic E-state index is 13.2. The smallest absolute Gasteiger partial charge is 0.252 e. The Bertz CT molecular complexity index is 1220. The van der Waals surface area contributed by atoms with E-state index in [0.717, 1.165) is 33.6 Å². The molecule has 1 amide bonds. The molecule has 5 heteroatoms. The van der Waals surface area contributed by atoms with Crippen LogP contribution in [0.4, 0.5) is 0 Å². The van der Waals surface area contributed by atoms with Gasteiger partial charge in [0.2, 0.25) is 0 Å². The number of benzene rings is 3. The minimum absolute atomic E-state index is 0.0351. The van der Waals surface area contributed by atoms with E-state index in [1.165, 1.54) is 16.3 Å². The minimum atomic E-state index is -0.274. The molecule has 1 aromatic heterocycles. The second kappa shape index (κ2) is 6.40. The summed E-state index contributed by atoms with van der Waals surface area (Å²) in [7, 11) is 0. The topological polar surface area (TPSA) is 68.0 Å². The summed E-state index contributed by atoms with van der Waals surface area (Å²) >= 11 is 1.59. The molecule has 0 atom stereocenters. The van der Waals surface area contributed by atoms with E-state index in [-0.39, 0.29) is 11.4 Å². The van der Waals surface area contributed by atoms with E-state index in [0.29, 0.717) is 12.1 Å². The fourth-order valence-electron chi connectivity index (χ4n) is 3.97. The normalized spacial score (nSPS) is 15.1. The van der Waals surface area contributed by atoms with E-state index in [2.05, 4.69) is 46.7 Å². The van der Waals surface area contributed by atoms with Crippen LogP contribution in [0.1, 0.15) is 39.3 Å². The first-order valence-corrected chi connectivity index (χ1v) is 10.3. The highest BCUT2D eigenvalue weighted by Crippen LogP contribution is 2.48. The van der Waals surface area contributed by atoms with Crippen molar-refractivity contribution in [1.82, 2.24) is 10.3 Å². The Balaban J connectivity index is 1.51. The first-order valence-electron chi connectivity index (χ1n) is 9.50. The number of fused-ring (bicyclic) bond motifs is 2. The summed E-state index contributed by atoms with van der Waals surface area (Å²) in [5, 5.41) is 6.63. The van der Waals surface area contributed by atoms with E-state index >= 15 is 0 Å². The number of carbonyl (C=O) groups excluding carboxylic acids is 1. The summed E-state index contributed by atoms with van der Waals surface area (Å²) in [5.41, 5.74) is 9.15. The first kappa shape index (κ1) is 17.3. The van der Waals surface area contributed by atoms with Crippen LogP contribution < -0.4 is 11.1 Å². The lowest BCUT2D eigenvalue weighted by Gasteiger charge is -2.21. The van der Waals surface area contributed by atoms with Gasteiger partial charge in [0.15, 0.2) is 0 Å². The molecule has 0 saturated heterocycles. The van der Waals surface area contributed by atoms with Crippen molar-refractivity contribution in [1.29, 1.82) is 0 Å². The molecular weight excluding hydrogens is 366 g/mol. The molecule has 0 spiro atoms. The third kappa shape index (κ3) is 2.79. The van der Waals surface area contributed by atoms with Crippen molar-refractivity contribution in [2.24, 2.45) is 5.73 Å². The number of nitrogens with two attached hydrogens (primary N) is 1. The third-order valence-electron chi connectivity index (χ3n) is 5.61. The van der Waals surface area contributed by atoms with Crippen LogP contribution >= 0.6 is 11.3 Å². The lowest BCUT2D eigenvalue weighted by atomic mass is 9.96. The molecule has 0 bridgehead atoms. The average Bonchev–Trinajstić information content (AvgIpc) is 3.37. The van der Waals surface area contributed by atoms with Crippen LogP contribution in [0.25, 0.3) is 21.0 Å². The van der Waals surface area contributed by atoms with Crippen molar-refractivity contribution in [3.8, 4) is 0 Å². The summed E-state index contributed by atoms with van der Waals surface area (Å²) in [4.78, 5) is 17.7. The molecule has 140 valence electrons. The standard InChI is InChI=1S/C23H21N3OS/c1-14-11-20-19(25-21(13-24)28-20)12-17(14)22(27)26-23(9-10-23)18-8-4-6-15-5-2-3-7-16(15)18/h2-8,11-12H,9-10,13,24H2,1H3,(H,26,27). The highest BCUT2D eigenvalue weighted by molar-refractivity contribution is 7.18. The molecule has 0 aliphatic heterocycles. The van der Waals surface area contributed by atoms with Crippen LogP contribution in [0.3, 0.4) is 0 Å². The molecule has 3 N–H and O–H groups in total. The maximum atomic E-state index is 13.2. The Morgan fingerprint density at radius 1 is 1.18 bits per heavy atom. The first-order chi connectivity index (χ1) is 13.6. The molecule has 4 aromatic rings. The highest BCUT2D eigenvalue weighted by Gasteiger charge is 2.46. The molecule has 3 aromatic carbocycles. The molecule has 1 heterocycles. The Labute approximate surface area is 167 Å². The number of nitrogens with one attached hydrogen (secondary N) is 1. The van der Waals surface area contributed by atoms with Gasteiger partial charge in [-0.3, -0.25) is 4.79 Å². The maximum Gasteiger partial charge on any atom is 0.252 e. The van der Waals surface area contributed by atoms with Crippen molar-refractivity contribution in [3.05, 3.63) is 76.3 Å². The largest absolute Gasteiger partial charge is 0.342 e. The Hall–Kier alpha value is -2.76. The second-order valence-corrected chi connectivity index (χ2v) is 8.62. The van der Waals surface area contributed by atoms with Gasteiger partial charge >= 0.3 is 0 Å². The van der Waals surface area contributed by atoms with Gasteiger partial charge in [-0.05, 0) is 53.8 Å². The van der Waals surface area contributed by atoms with Crippen molar-refractivity contribution in [2.45, 2.75) is 31.8 Å². The predicted molar refractivity (Wildman–Crippen MR) is 115 cm³/mol. The molecule has 1 aliphatic rings. The molecule has 1 aliphatic carbocycles. The monoisotopic (exact) mass is 387 g/mol. The Morgan fingerprint density at radius 2 is 1.96 bits per heavy atom. The Morgan fingerprint density at radius 3 is 2.75 bits per heavy atom. The molecule has 28 heavy (non-hydrogen) atoms. The SMILES string of the molecule is Cc1cc2sc(CN)nc2cc1C(=O)NC1(c2cccc3ccccc23)CC1. The van der Waals surface area contributed by atoms with E-state index < -0.39 is 0 Å². The fourth-order valence-corrected chi connectivity index (χ4v) is 4.90. The summed E-state index contributed by atoms with van der Waals surface area (Å²) in [5.74, 6) is -0.0351. The van der Waals surface area contributed by atoms with Gasteiger partial charge in [-0.1, -0.05) is 42.5 Å². The number of aryl methyl sites for hydroxylation is 1. The molecular formula is C23H21N3OS. The lowest BCUT2D eigenvalue weighted by molar-refractivity contribution is 0.0930. The van der Waals surface area contributed by atoms with Crippen molar-refractivity contribution < 1.29 is 4.79 Å². The zero-order chi connectivity index (χ0) is 19.3. The molecule has 0 unspecified atom stereocenters. The zero-order valence-corrected chi connectivity index (χ0v) is 16.5. The van der Waals surface area contributed by atoms with Gasteiger partial charge < -0.3 is 11.1 Å². The summed E-state index contributed by atoms with van der Waals surface area (Å²) < 4.78 is 1.07. The molecule has 5 rings (SSSR count). The van der Waals surface area contributed by atoms with Crippen molar-refractivity contribution >= 4 is 38.2 Å². The summed E-state index contributed by atoms with van der Waals surface area (Å²) in [6, 6.07) is 18.6. The third-order valence-corrected chi connectivity index (χ3v) is 6.65. The van der Waals surface area contributed by atoms with Crippen LogP contribution in [0, 0.1) is 6.92 Å². The number of aromatic nitrogens is 1. The molecule has 4 nitrogen and oxygen atoms in total. The van der Waals surface area contributed by atoms with Crippen molar-refractivity contribution in [2.75, 3.05) is 0 Å². The average molecular weight is 388 g/mol. The minimum Gasteiger partial charge on any atom is -0.342 e. The molecule has 1 fully saturated rings. The van der Waals surface area contributed by atoms with Crippen LogP contribution in [-0.2, 0) is 12.1 Å². The summed E-state index contributed by atoms with van der Waals surface area (Å²) in [6.45, 7) is 2.40. The van der Waals surface area contributed by atoms with Gasteiger partial charge in [0.1, 0.15) is 5.01 Å². The molecule has 0 radical (unpaired) electrons. The van der Waals surface area contributed by atoms with Crippen LogP contribution in [0.2, 0.25) is 0 Å². The van der Waals surface area contributed by atoms with Crippen LogP contribution in [0.15, 0.2) is 54.6 Å². The van der Waals surface area contributed by atoms with Crippen LogP contribution in [0.5, 0.6) is 0 Å². The van der Waals surface area contributed by atoms with Gasteiger partial charge in [0.25, 0.3) is 5.91 Å². The number of nitrogens with zero attached hydrogens (tertiary/aromatic N) is 1. The van der Waals surface area contributed by atoms with E-state index in [1.807, 2.05) is 25.1 Å². The number of thiazole rings is 1. The number of hydrogen-bond donors (Lipinski definition) is 2. The molecule has 1 saturated carbocycles. The van der Waals surface area contributed by atoms with Gasteiger partial charge in [-0.15, -0.1) is 11.3 Å². The van der Waals surface area contributed by atoms with Gasteiger partial charge in [-0.25, -0.2) is 4.98 Å².